The molecule has 0 fully saturated rings. The van der Waals surface area contributed by atoms with Crippen LogP contribution in [0.1, 0.15) is 35.8 Å². The Morgan fingerprint density at radius 3 is 2.78 bits per heavy atom. The van der Waals surface area contributed by atoms with Crippen molar-refractivity contribution in [3.05, 3.63) is 38.9 Å². The number of aromatic nitrogens is 2. The first-order chi connectivity index (χ1) is 8.59. The van der Waals surface area contributed by atoms with E-state index in [0.717, 1.165) is 17.9 Å². The maximum absolute atomic E-state index is 6.13. The van der Waals surface area contributed by atoms with Gasteiger partial charge in [-0.2, -0.15) is 0 Å². The van der Waals surface area contributed by atoms with E-state index in [9.17, 15) is 0 Å². The molecule has 2 heterocycles. The highest BCUT2D eigenvalue weighted by atomic mass is 35.5. The summed E-state index contributed by atoms with van der Waals surface area (Å²) in [6, 6.07) is 2.12. The lowest BCUT2D eigenvalue weighted by Gasteiger charge is -2.14. The second-order valence-electron chi connectivity index (χ2n) is 4.46. The van der Waals surface area contributed by atoms with Crippen molar-refractivity contribution in [3.8, 4) is 0 Å². The molecule has 0 aromatic carbocycles. The molecule has 5 heteroatoms. The lowest BCUT2D eigenvalue weighted by atomic mass is 10.1. The van der Waals surface area contributed by atoms with Crippen molar-refractivity contribution in [1.82, 2.24) is 9.97 Å². The number of hydrogen-bond donors (Lipinski definition) is 1. The van der Waals surface area contributed by atoms with Gasteiger partial charge in [-0.25, -0.2) is 9.97 Å². The predicted molar refractivity (Wildman–Crippen MR) is 77.5 cm³/mol. The summed E-state index contributed by atoms with van der Waals surface area (Å²) in [4.78, 5) is 9.65. The summed E-state index contributed by atoms with van der Waals surface area (Å²) in [5, 5.41) is 5.99. The number of nitrogens with zero attached hydrogens (tertiary/aromatic N) is 2. The molecule has 3 nitrogen and oxygen atoms in total. The minimum absolute atomic E-state index is 0.297. The normalized spacial score (nSPS) is 10.9. The number of thiophene rings is 1. The summed E-state index contributed by atoms with van der Waals surface area (Å²) in [7, 11) is 0. The van der Waals surface area contributed by atoms with Crippen molar-refractivity contribution >= 4 is 28.8 Å². The van der Waals surface area contributed by atoms with Crippen molar-refractivity contribution in [2.24, 2.45) is 0 Å². The first kappa shape index (κ1) is 13.3. The molecule has 18 heavy (non-hydrogen) atoms. The van der Waals surface area contributed by atoms with E-state index in [0.29, 0.717) is 11.1 Å². The van der Waals surface area contributed by atoms with Gasteiger partial charge in [-0.15, -0.1) is 11.3 Å². The van der Waals surface area contributed by atoms with Crippen molar-refractivity contribution < 1.29 is 0 Å². The lowest BCUT2D eigenvalue weighted by molar-refractivity contribution is 0.845. The van der Waals surface area contributed by atoms with Gasteiger partial charge in [0.2, 0.25) is 0 Å². The third-order valence-corrected chi connectivity index (χ3v) is 4.12. The largest absolute Gasteiger partial charge is 0.365 e. The van der Waals surface area contributed by atoms with Crippen molar-refractivity contribution in [1.29, 1.82) is 0 Å². The molecule has 2 aromatic heterocycles. The molecule has 1 N–H and O–H groups in total. The van der Waals surface area contributed by atoms with Crippen LogP contribution in [0.3, 0.4) is 0 Å². The van der Waals surface area contributed by atoms with E-state index in [4.69, 9.17) is 11.6 Å². The van der Waals surface area contributed by atoms with E-state index in [2.05, 4.69) is 47.5 Å². The zero-order valence-electron chi connectivity index (χ0n) is 10.7. The fourth-order valence-electron chi connectivity index (χ4n) is 1.78. The topological polar surface area (TPSA) is 37.8 Å². The number of rotatable bonds is 4. The van der Waals surface area contributed by atoms with Crippen LogP contribution < -0.4 is 5.32 Å². The van der Waals surface area contributed by atoms with Gasteiger partial charge < -0.3 is 5.32 Å². The van der Waals surface area contributed by atoms with Crippen LogP contribution in [-0.4, -0.2) is 9.97 Å². The number of hydrogen-bond acceptors (Lipinski definition) is 4. The number of anilines is 1. The zero-order valence-corrected chi connectivity index (χ0v) is 12.3. The second-order valence-corrected chi connectivity index (χ2v) is 5.82. The molecule has 0 atom stereocenters. The van der Waals surface area contributed by atoms with Gasteiger partial charge in [0.25, 0.3) is 0 Å². The van der Waals surface area contributed by atoms with E-state index >= 15 is 0 Å². The Kier molecular flexibility index (Phi) is 4.19. The SMILES string of the molecule is Cc1ccsc1CNc1ncnc(Cl)c1C(C)C. The van der Waals surface area contributed by atoms with E-state index in [1.54, 1.807) is 11.3 Å². The van der Waals surface area contributed by atoms with Crippen LogP contribution in [0.15, 0.2) is 17.8 Å². The van der Waals surface area contributed by atoms with Crippen LogP contribution in [0.5, 0.6) is 0 Å². The highest BCUT2D eigenvalue weighted by Gasteiger charge is 2.13. The second kappa shape index (κ2) is 5.67. The fourth-order valence-corrected chi connectivity index (χ4v) is 2.97. The molecule has 0 saturated carbocycles. The average molecular weight is 282 g/mol. The molecule has 0 unspecified atom stereocenters. The molecule has 0 aliphatic heterocycles. The molecule has 0 amide bonds. The smallest absolute Gasteiger partial charge is 0.138 e. The molecule has 0 bridgehead atoms. The summed E-state index contributed by atoms with van der Waals surface area (Å²) in [5.74, 6) is 1.13. The van der Waals surface area contributed by atoms with Gasteiger partial charge >= 0.3 is 0 Å². The van der Waals surface area contributed by atoms with Crippen LogP contribution in [0.4, 0.5) is 5.82 Å². The summed E-state index contributed by atoms with van der Waals surface area (Å²) in [5.41, 5.74) is 2.28. The summed E-state index contributed by atoms with van der Waals surface area (Å²) in [6.45, 7) is 7.07. The molecule has 0 radical (unpaired) electrons. The Hall–Kier alpha value is -1.13. The first-order valence-electron chi connectivity index (χ1n) is 5.86. The average Bonchev–Trinajstić information content (AvgIpc) is 2.71. The lowest BCUT2D eigenvalue weighted by Crippen LogP contribution is -2.06. The summed E-state index contributed by atoms with van der Waals surface area (Å²) >= 11 is 7.88. The monoisotopic (exact) mass is 281 g/mol. The van der Waals surface area contributed by atoms with E-state index in [1.807, 2.05) is 0 Å². The minimum Gasteiger partial charge on any atom is -0.365 e. The van der Waals surface area contributed by atoms with Gasteiger partial charge in [0.15, 0.2) is 0 Å². The Balaban J connectivity index is 2.19. The van der Waals surface area contributed by atoms with E-state index in [-0.39, 0.29) is 0 Å². The Morgan fingerprint density at radius 1 is 1.39 bits per heavy atom. The number of halogens is 1. The molecule has 2 aromatic rings. The van der Waals surface area contributed by atoms with Gasteiger partial charge in [-0.3, -0.25) is 0 Å². The molecular weight excluding hydrogens is 266 g/mol. The van der Waals surface area contributed by atoms with Crippen molar-refractivity contribution in [2.75, 3.05) is 5.32 Å². The Morgan fingerprint density at radius 2 is 2.17 bits per heavy atom. The molecule has 0 spiro atoms. The van der Waals surface area contributed by atoms with Gasteiger partial charge in [0.05, 0.1) is 6.54 Å². The third-order valence-electron chi connectivity index (χ3n) is 2.80. The maximum atomic E-state index is 6.13. The summed E-state index contributed by atoms with van der Waals surface area (Å²) in [6.07, 6.45) is 1.50. The van der Waals surface area contributed by atoms with Gasteiger partial charge in [-0.1, -0.05) is 25.4 Å². The predicted octanol–water partition coefficient (Wildman–Crippen LogP) is 4.24. The molecule has 0 aliphatic carbocycles. The van der Waals surface area contributed by atoms with Gasteiger partial charge in [0, 0.05) is 10.4 Å². The first-order valence-corrected chi connectivity index (χ1v) is 7.12. The van der Waals surface area contributed by atoms with Gasteiger partial charge in [0.1, 0.15) is 17.3 Å². The summed E-state index contributed by atoms with van der Waals surface area (Å²) < 4.78 is 0. The van der Waals surface area contributed by atoms with Crippen molar-refractivity contribution in [3.63, 3.8) is 0 Å². The molecule has 0 saturated heterocycles. The fraction of sp³-hybridized carbons (Fsp3) is 0.385. The zero-order chi connectivity index (χ0) is 13.1. The van der Waals surface area contributed by atoms with Crippen molar-refractivity contribution in [2.45, 2.75) is 33.2 Å². The van der Waals surface area contributed by atoms with E-state index < -0.39 is 0 Å². The molecule has 0 aliphatic rings. The molecule has 96 valence electrons. The molecular formula is C13H16ClN3S. The van der Waals surface area contributed by atoms with E-state index in [1.165, 1.54) is 16.8 Å². The minimum atomic E-state index is 0.297. The Labute approximate surface area is 116 Å². The van der Waals surface area contributed by atoms with Gasteiger partial charge in [-0.05, 0) is 29.9 Å². The highest BCUT2D eigenvalue weighted by Crippen LogP contribution is 2.28. The van der Waals surface area contributed by atoms with Crippen LogP contribution in [-0.2, 0) is 6.54 Å². The quantitative estimate of drug-likeness (QED) is 0.852. The number of nitrogens with one attached hydrogen (secondary N) is 1. The van der Waals surface area contributed by atoms with Crippen LogP contribution in [0.25, 0.3) is 0 Å². The highest BCUT2D eigenvalue weighted by molar-refractivity contribution is 7.10. The third kappa shape index (κ3) is 2.82. The Bertz CT molecular complexity index is 537. The van der Waals surface area contributed by atoms with Crippen LogP contribution in [0, 0.1) is 6.92 Å². The molecule has 2 rings (SSSR count). The number of aryl methyl sites for hydroxylation is 1. The van der Waals surface area contributed by atoms with Crippen LogP contribution >= 0.6 is 22.9 Å². The maximum Gasteiger partial charge on any atom is 0.138 e. The van der Waals surface area contributed by atoms with Crippen LogP contribution in [0.2, 0.25) is 5.15 Å². The standard InChI is InChI=1S/C13H16ClN3S/c1-8(2)11-12(14)16-7-17-13(11)15-6-10-9(3)4-5-18-10/h4-5,7-8H,6H2,1-3H3,(H,15,16,17).